The van der Waals surface area contributed by atoms with E-state index in [4.69, 9.17) is 23.2 Å². The second-order valence-electron chi connectivity index (χ2n) is 4.34. The van der Waals surface area contributed by atoms with Gasteiger partial charge in [-0.25, -0.2) is 4.68 Å². The molecular weight excluding hydrogens is 333 g/mol. The highest BCUT2D eigenvalue weighted by Gasteiger charge is 2.25. The first-order chi connectivity index (χ1) is 10.3. The maximum atomic E-state index is 12.1. The van der Waals surface area contributed by atoms with Crippen LogP contribution in [0.1, 0.15) is 16.1 Å². The fraction of sp³-hybridized carbons (Fsp3) is 0.167. The van der Waals surface area contributed by atoms with Crippen molar-refractivity contribution >= 4 is 40.6 Å². The highest BCUT2D eigenvalue weighted by atomic mass is 35.5. The lowest BCUT2D eigenvalue weighted by atomic mass is 10.2. The first kappa shape index (κ1) is 16.1. The molecule has 2 N–H and O–H groups in total. The summed E-state index contributed by atoms with van der Waals surface area (Å²) in [5, 5.41) is 15.3. The van der Waals surface area contributed by atoms with E-state index < -0.39 is 10.8 Å². The number of carbonyl (C=O) groups excluding carboxylic acids is 1. The lowest BCUT2D eigenvalue weighted by Gasteiger charge is -2.10. The molecule has 22 heavy (non-hydrogen) atoms. The third kappa shape index (κ3) is 2.97. The van der Waals surface area contributed by atoms with Crippen LogP contribution in [-0.2, 0) is 7.05 Å². The second kappa shape index (κ2) is 6.20. The largest absolute Gasteiger partial charge is 0.335 e. The molecule has 10 heteroatoms. The molecule has 1 heterocycles. The van der Waals surface area contributed by atoms with Crippen molar-refractivity contribution in [1.29, 1.82) is 0 Å². The Hall–Kier alpha value is -2.32. The molecule has 0 atom stereocenters. The number of carbonyl (C=O) groups is 1. The van der Waals surface area contributed by atoms with Crippen LogP contribution >= 0.6 is 23.2 Å². The topological polar surface area (TPSA) is 102 Å². The summed E-state index contributed by atoms with van der Waals surface area (Å²) in [4.78, 5) is 22.6. The van der Waals surface area contributed by atoms with Gasteiger partial charge in [-0.15, -0.1) is 0 Å². The van der Waals surface area contributed by atoms with Gasteiger partial charge in [0.15, 0.2) is 0 Å². The number of aromatic nitrogens is 2. The van der Waals surface area contributed by atoms with Crippen LogP contribution in [0.4, 0.5) is 11.5 Å². The van der Waals surface area contributed by atoms with Gasteiger partial charge in [0.05, 0.1) is 20.5 Å². The zero-order valence-corrected chi connectivity index (χ0v) is 13.1. The second-order valence-corrected chi connectivity index (χ2v) is 5.15. The number of amides is 1. The van der Waals surface area contributed by atoms with E-state index in [9.17, 15) is 14.9 Å². The molecule has 0 spiro atoms. The van der Waals surface area contributed by atoms with Crippen molar-refractivity contribution in [2.24, 2.45) is 7.05 Å². The summed E-state index contributed by atoms with van der Waals surface area (Å²) in [6.07, 6.45) is 0. The Morgan fingerprint density at radius 1 is 1.36 bits per heavy atom. The molecule has 0 unspecified atom stereocenters. The fourth-order valence-corrected chi connectivity index (χ4v) is 2.47. The molecule has 2 rings (SSSR count). The Labute approximate surface area is 135 Å². The minimum atomic E-state index is -0.622. The zero-order chi connectivity index (χ0) is 16.4. The standard InChI is InChI=1S/C12H11Cl2N5O3/c1-6-10(19(21)22)11(18(2)17-6)15-16-12(20)9-7(13)4-3-5-8(9)14/h3-5,15H,1-2H3,(H,16,20). The number of nitrogens with zero attached hydrogens (tertiary/aromatic N) is 3. The molecule has 2 aromatic rings. The first-order valence-electron chi connectivity index (χ1n) is 6.01. The van der Waals surface area contributed by atoms with Crippen molar-refractivity contribution in [3.8, 4) is 0 Å². The van der Waals surface area contributed by atoms with Crippen LogP contribution in [0.2, 0.25) is 10.0 Å². The SMILES string of the molecule is Cc1nn(C)c(NNC(=O)c2c(Cl)cccc2Cl)c1[N+](=O)[O-]. The molecular formula is C12H11Cl2N5O3. The Morgan fingerprint density at radius 3 is 2.50 bits per heavy atom. The lowest BCUT2D eigenvalue weighted by molar-refractivity contribution is -0.384. The highest BCUT2D eigenvalue weighted by Crippen LogP contribution is 2.27. The Balaban J connectivity index is 2.24. The van der Waals surface area contributed by atoms with E-state index in [0.29, 0.717) is 0 Å². The van der Waals surface area contributed by atoms with Crippen LogP contribution in [0.5, 0.6) is 0 Å². The van der Waals surface area contributed by atoms with E-state index in [1.54, 1.807) is 6.07 Å². The predicted molar refractivity (Wildman–Crippen MR) is 82.2 cm³/mol. The minimum Gasteiger partial charge on any atom is -0.276 e. The van der Waals surface area contributed by atoms with Gasteiger partial charge in [-0.2, -0.15) is 5.10 Å². The van der Waals surface area contributed by atoms with Gasteiger partial charge in [0.25, 0.3) is 5.91 Å². The van der Waals surface area contributed by atoms with Gasteiger partial charge in [-0.3, -0.25) is 25.8 Å². The molecule has 1 amide bonds. The van der Waals surface area contributed by atoms with Crippen LogP contribution in [-0.4, -0.2) is 20.6 Å². The van der Waals surface area contributed by atoms with Crippen LogP contribution in [0.25, 0.3) is 0 Å². The van der Waals surface area contributed by atoms with E-state index in [1.807, 2.05) is 0 Å². The summed E-state index contributed by atoms with van der Waals surface area (Å²) in [6, 6.07) is 4.63. The van der Waals surface area contributed by atoms with E-state index in [2.05, 4.69) is 16.0 Å². The molecule has 0 fully saturated rings. The number of rotatable bonds is 4. The van der Waals surface area contributed by atoms with Crippen molar-refractivity contribution < 1.29 is 9.72 Å². The molecule has 8 nitrogen and oxygen atoms in total. The number of hydrogen-bond acceptors (Lipinski definition) is 5. The summed E-state index contributed by atoms with van der Waals surface area (Å²) < 4.78 is 1.25. The van der Waals surface area contributed by atoms with Crippen molar-refractivity contribution in [3.05, 3.63) is 49.6 Å². The van der Waals surface area contributed by atoms with Crippen LogP contribution in [0, 0.1) is 17.0 Å². The van der Waals surface area contributed by atoms with Crippen molar-refractivity contribution in [1.82, 2.24) is 15.2 Å². The zero-order valence-electron chi connectivity index (χ0n) is 11.6. The van der Waals surface area contributed by atoms with Gasteiger partial charge in [-0.05, 0) is 19.1 Å². The molecule has 1 aromatic heterocycles. The van der Waals surface area contributed by atoms with Crippen LogP contribution in [0.3, 0.4) is 0 Å². The normalized spacial score (nSPS) is 10.4. The quantitative estimate of drug-likeness (QED) is 0.656. The molecule has 1 aromatic carbocycles. The van der Waals surface area contributed by atoms with Gasteiger partial charge >= 0.3 is 5.69 Å². The molecule has 0 aliphatic heterocycles. The third-order valence-corrected chi connectivity index (χ3v) is 3.49. The Bertz CT molecular complexity index is 739. The van der Waals surface area contributed by atoms with Crippen molar-refractivity contribution in [2.45, 2.75) is 6.92 Å². The molecule has 0 bridgehead atoms. The summed E-state index contributed by atoms with van der Waals surface area (Å²) in [7, 11) is 1.51. The lowest BCUT2D eigenvalue weighted by Crippen LogP contribution is -2.31. The van der Waals surface area contributed by atoms with Crippen LogP contribution < -0.4 is 10.9 Å². The maximum Gasteiger partial charge on any atom is 0.335 e. The average molecular weight is 344 g/mol. The smallest absolute Gasteiger partial charge is 0.276 e. The minimum absolute atomic E-state index is 0.0408. The van der Waals surface area contributed by atoms with E-state index in [1.165, 1.54) is 30.8 Å². The molecule has 0 saturated carbocycles. The van der Waals surface area contributed by atoms with Crippen molar-refractivity contribution in [2.75, 3.05) is 5.43 Å². The van der Waals surface area contributed by atoms with Gasteiger partial charge in [0.2, 0.25) is 5.82 Å². The summed E-state index contributed by atoms with van der Waals surface area (Å²) >= 11 is 11.8. The highest BCUT2D eigenvalue weighted by molar-refractivity contribution is 6.39. The molecule has 0 aliphatic rings. The monoisotopic (exact) mass is 343 g/mol. The van der Waals surface area contributed by atoms with Gasteiger partial charge in [0, 0.05) is 7.05 Å². The predicted octanol–water partition coefficient (Wildman–Crippen LogP) is 2.70. The summed E-state index contributed by atoms with van der Waals surface area (Å²) in [6.45, 7) is 1.50. The number of halogens is 2. The van der Waals surface area contributed by atoms with E-state index >= 15 is 0 Å². The first-order valence-corrected chi connectivity index (χ1v) is 6.77. The van der Waals surface area contributed by atoms with Gasteiger partial charge in [0.1, 0.15) is 5.69 Å². The van der Waals surface area contributed by atoms with Crippen LogP contribution in [0.15, 0.2) is 18.2 Å². The number of nitro groups is 1. The molecule has 0 aliphatic carbocycles. The molecule has 116 valence electrons. The fourth-order valence-electron chi connectivity index (χ4n) is 1.90. The number of nitrogens with one attached hydrogen (secondary N) is 2. The summed E-state index contributed by atoms with van der Waals surface area (Å²) in [5.41, 5.74) is 4.86. The van der Waals surface area contributed by atoms with E-state index in [0.717, 1.165) is 0 Å². The number of hydrogen-bond donors (Lipinski definition) is 2. The number of anilines is 1. The van der Waals surface area contributed by atoms with Gasteiger partial charge in [-0.1, -0.05) is 29.3 Å². The number of benzene rings is 1. The maximum absolute atomic E-state index is 12.1. The van der Waals surface area contributed by atoms with E-state index in [-0.39, 0.29) is 32.8 Å². The number of hydrazine groups is 1. The molecule has 0 radical (unpaired) electrons. The Morgan fingerprint density at radius 2 is 1.95 bits per heavy atom. The third-order valence-electron chi connectivity index (χ3n) is 2.86. The molecule has 0 saturated heterocycles. The summed E-state index contributed by atoms with van der Waals surface area (Å²) in [5.74, 6) is -0.581. The Kier molecular flexibility index (Phi) is 4.53. The van der Waals surface area contributed by atoms with Gasteiger partial charge < -0.3 is 0 Å². The van der Waals surface area contributed by atoms with Crippen molar-refractivity contribution in [3.63, 3.8) is 0 Å². The average Bonchev–Trinajstić information content (AvgIpc) is 2.70. The number of aryl methyl sites for hydroxylation is 2.